The van der Waals surface area contributed by atoms with Gasteiger partial charge in [-0.2, -0.15) is 0 Å². The fraction of sp³-hybridized carbons (Fsp3) is 0.211. The Kier molecular flexibility index (Phi) is 4.93. The Morgan fingerprint density at radius 2 is 1.70 bits per heavy atom. The van der Waals surface area contributed by atoms with Gasteiger partial charge in [-0.05, 0) is 39.0 Å². The quantitative estimate of drug-likeness (QED) is 0.681. The second-order valence-electron chi connectivity index (χ2n) is 6.35. The third-order valence-corrected chi connectivity index (χ3v) is 6.17. The first-order chi connectivity index (χ1) is 12.7. The summed E-state index contributed by atoms with van der Waals surface area (Å²) in [6.45, 7) is 5.03. The molecule has 0 amide bonds. The highest BCUT2D eigenvalue weighted by Crippen LogP contribution is 2.28. The summed E-state index contributed by atoms with van der Waals surface area (Å²) in [7, 11) is -3.98. The molecule has 6 nitrogen and oxygen atoms in total. The second kappa shape index (κ2) is 7.03. The van der Waals surface area contributed by atoms with Gasteiger partial charge in [0.25, 0.3) is 10.0 Å². The molecule has 0 saturated carbocycles. The summed E-state index contributed by atoms with van der Waals surface area (Å²) >= 11 is 0. The molecule has 27 heavy (non-hydrogen) atoms. The molecule has 0 atom stereocenters. The molecule has 2 N–H and O–H groups in total. The number of nitrogen functional groups attached to an aromatic ring is 1. The maximum atomic E-state index is 14.2. The minimum atomic E-state index is -3.98. The Hall–Kier alpha value is -2.87. The van der Waals surface area contributed by atoms with Crippen LogP contribution in [-0.4, -0.2) is 18.1 Å². The third kappa shape index (κ3) is 3.52. The number of nitrogens with zero attached hydrogens (tertiary/aromatic N) is 3. The number of anilines is 1. The topological polar surface area (TPSA) is 81.2 Å². The standard InChI is InChI=1S/C19H21FN4O2S/c1-13-8-10-17(11-9-13)27(25,26)23(12-16-6-4-5-7-18(16)20)19-14(2)24(21)15(3)22-19/h4-11H,12,21H2,1-3H3. The molecule has 0 aliphatic rings. The first-order valence-corrected chi connectivity index (χ1v) is 9.79. The van der Waals surface area contributed by atoms with Crippen LogP contribution in [0.3, 0.4) is 0 Å². The van der Waals surface area contributed by atoms with Crippen molar-refractivity contribution in [3.63, 3.8) is 0 Å². The maximum absolute atomic E-state index is 14.2. The lowest BCUT2D eigenvalue weighted by atomic mass is 10.2. The van der Waals surface area contributed by atoms with Crippen LogP contribution in [-0.2, 0) is 16.6 Å². The fourth-order valence-corrected chi connectivity index (χ4v) is 4.21. The van der Waals surface area contributed by atoms with E-state index in [4.69, 9.17) is 5.84 Å². The van der Waals surface area contributed by atoms with Crippen molar-refractivity contribution in [1.82, 2.24) is 9.66 Å². The number of sulfonamides is 1. The van der Waals surface area contributed by atoms with Crippen LogP contribution in [0, 0.1) is 26.6 Å². The average Bonchev–Trinajstić information content (AvgIpc) is 2.88. The zero-order chi connectivity index (χ0) is 19.8. The Morgan fingerprint density at radius 1 is 1.07 bits per heavy atom. The van der Waals surface area contributed by atoms with E-state index in [1.807, 2.05) is 6.92 Å². The number of aryl methyl sites for hydroxylation is 2. The van der Waals surface area contributed by atoms with Crippen molar-refractivity contribution in [2.45, 2.75) is 32.2 Å². The van der Waals surface area contributed by atoms with Gasteiger partial charge in [-0.1, -0.05) is 35.9 Å². The van der Waals surface area contributed by atoms with Gasteiger partial charge in [-0.3, -0.25) is 0 Å². The number of aromatic nitrogens is 2. The lowest BCUT2D eigenvalue weighted by molar-refractivity contribution is 0.584. The Balaban J connectivity index is 2.16. The molecule has 2 aromatic carbocycles. The highest BCUT2D eigenvalue weighted by Gasteiger charge is 2.30. The molecule has 8 heteroatoms. The van der Waals surface area contributed by atoms with Crippen LogP contribution in [0.5, 0.6) is 0 Å². The Morgan fingerprint density at radius 3 is 2.26 bits per heavy atom. The van der Waals surface area contributed by atoms with Gasteiger partial charge in [0.05, 0.1) is 17.1 Å². The van der Waals surface area contributed by atoms with Crippen LogP contribution in [0.25, 0.3) is 0 Å². The van der Waals surface area contributed by atoms with E-state index >= 15 is 0 Å². The zero-order valence-electron chi connectivity index (χ0n) is 15.3. The average molecular weight is 388 g/mol. The van der Waals surface area contributed by atoms with Crippen LogP contribution in [0.15, 0.2) is 53.4 Å². The molecule has 3 rings (SSSR count). The zero-order valence-corrected chi connectivity index (χ0v) is 16.2. The summed E-state index contributed by atoms with van der Waals surface area (Å²) in [5.41, 5.74) is 1.66. The first-order valence-electron chi connectivity index (χ1n) is 8.35. The predicted molar refractivity (Wildman–Crippen MR) is 103 cm³/mol. The molecule has 3 aromatic rings. The maximum Gasteiger partial charge on any atom is 0.265 e. The van der Waals surface area contributed by atoms with E-state index in [1.54, 1.807) is 44.2 Å². The van der Waals surface area contributed by atoms with Crippen molar-refractivity contribution in [2.24, 2.45) is 0 Å². The van der Waals surface area contributed by atoms with Crippen LogP contribution in [0.1, 0.15) is 22.6 Å². The molecule has 0 saturated heterocycles. The number of rotatable bonds is 5. The van der Waals surface area contributed by atoms with E-state index in [2.05, 4.69) is 4.98 Å². The van der Waals surface area contributed by atoms with Gasteiger partial charge >= 0.3 is 0 Å². The van der Waals surface area contributed by atoms with Gasteiger partial charge in [0.1, 0.15) is 11.6 Å². The van der Waals surface area contributed by atoms with Crippen molar-refractivity contribution in [3.8, 4) is 0 Å². The number of hydrogen-bond acceptors (Lipinski definition) is 4. The SMILES string of the molecule is Cc1ccc(S(=O)(=O)N(Cc2ccccc2F)c2nc(C)n(N)c2C)cc1. The number of halogens is 1. The van der Waals surface area contributed by atoms with Crippen LogP contribution in [0.4, 0.5) is 10.2 Å². The van der Waals surface area contributed by atoms with E-state index in [9.17, 15) is 12.8 Å². The monoisotopic (exact) mass is 388 g/mol. The van der Waals surface area contributed by atoms with E-state index in [-0.39, 0.29) is 22.8 Å². The van der Waals surface area contributed by atoms with Crippen molar-refractivity contribution in [3.05, 3.63) is 77.0 Å². The molecule has 1 heterocycles. The van der Waals surface area contributed by atoms with Crippen LogP contribution < -0.4 is 10.1 Å². The molecule has 0 unspecified atom stereocenters. The summed E-state index contributed by atoms with van der Waals surface area (Å²) in [4.78, 5) is 4.41. The van der Waals surface area contributed by atoms with E-state index in [0.717, 1.165) is 9.87 Å². The van der Waals surface area contributed by atoms with Gasteiger partial charge in [0, 0.05) is 5.56 Å². The third-order valence-electron chi connectivity index (χ3n) is 4.42. The molecule has 1 aromatic heterocycles. The van der Waals surface area contributed by atoms with Gasteiger partial charge in [0.15, 0.2) is 5.82 Å². The minimum Gasteiger partial charge on any atom is -0.338 e. The summed E-state index contributed by atoms with van der Waals surface area (Å²) < 4.78 is 43.3. The van der Waals surface area contributed by atoms with Gasteiger partial charge in [-0.15, -0.1) is 0 Å². The van der Waals surface area contributed by atoms with Crippen molar-refractivity contribution < 1.29 is 12.8 Å². The second-order valence-corrected chi connectivity index (χ2v) is 8.22. The normalized spacial score (nSPS) is 11.6. The molecule has 0 aliphatic carbocycles. The van der Waals surface area contributed by atoms with Gasteiger partial charge in [0.2, 0.25) is 0 Å². The molecule has 0 spiro atoms. The fourth-order valence-electron chi connectivity index (χ4n) is 2.77. The van der Waals surface area contributed by atoms with Gasteiger partial charge < -0.3 is 5.84 Å². The highest BCUT2D eigenvalue weighted by atomic mass is 32.2. The largest absolute Gasteiger partial charge is 0.338 e. The number of hydrogen-bond donors (Lipinski definition) is 1. The van der Waals surface area contributed by atoms with Crippen molar-refractivity contribution in [1.29, 1.82) is 0 Å². The highest BCUT2D eigenvalue weighted by molar-refractivity contribution is 7.92. The summed E-state index contributed by atoms with van der Waals surface area (Å²) in [5, 5.41) is 0. The van der Waals surface area contributed by atoms with Crippen LogP contribution in [0.2, 0.25) is 0 Å². The predicted octanol–water partition coefficient (Wildman–Crippen LogP) is 3.06. The molecule has 0 fully saturated rings. The first kappa shape index (κ1) is 18.9. The molecule has 0 radical (unpaired) electrons. The lowest BCUT2D eigenvalue weighted by Crippen LogP contribution is -2.32. The minimum absolute atomic E-state index is 0.105. The van der Waals surface area contributed by atoms with Crippen molar-refractivity contribution in [2.75, 3.05) is 10.1 Å². The van der Waals surface area contributed by atoms with E-state index in [1.165, 1.54) is 22.9 Å². The molecular formula is C19H21FN4O2S. The number of imidazole rings is 1. The van der Waals surface area contributed by atoms with E-state index < -0.39 is 15.8 Å². The number of benzene rings is 2. The van der Waals surface area contributed by atoms with E-state index in [0.29, 0.717) is 11.5 Å². The Labute approximate surface area is 158 Å². The lowest BCUT2D eigenvalue weighted by Gasteiger charge is -2.23. The van der Waals surface area contributed by atoms with Gasteiger partial charge in [-0.25, -0.2) is 26.8 Å². The molecule has 0 aliphatic heterocycles. The smallest absolute Gasteiger partial charge is 0.265 e. The summed E-state index contributed by atoms with van der Waals surface area (Å²) in [5.74, 6) is 6.08. The van der Waals surface area contributed by atoms with Crippen LogP contribution >= 0.6 is 0 Å². The molecule has 0 bridgehead atoms. The molecule has 142 valence electrons. The summed E-state index contributed by atoms with van der Waals surface area (Å²) in [6, 6.07) is 12.6. The number of nitrogens with two attached hydrogens (primary N) is 1. The molecular weight excluding hydrogens is 367 g/mol. The Bertz CT molecular complexity index is 1080. The van der Waals surface area contributed by atoms with Crippen molar-refractivity contribution >= 4 is 15.8 Å². The summed E-state index contributed by atoms with van der Waals surface area (Å²) in [6.07, 6.45) is 0.